The Balaban J connectivity index is 0.000000203. The molecule has 10 rings (SSSR count). The highest BCUT2D eigenvalue weighted by atomic mass is 14.9. The fourth-order valence-corrected chi connectivity index (χ4v) is 13.0. The summed E-state index contributed by atoms with van der Waals surface area (Å²) < 4.78 is 66.7. The van der Waals surface area contributed by atoms with Gasteiger partial charge in [-0.25, -0.2) is 22.8 Å². The minimum absolute atomic E-state index is 0.363. The summed E-state index contributed by atoms with van der Waals surface area (Å²) in [7, 11) is 10.3. The zero-order valence-electron chi connectivity index (χ0n) is 71.1. The second kappa shape index (κ2) is 34.2. The van der Waals surface area contributed by atoms with Crippen molar-refractivity contribution in [3.05, 3.63) is 265 Å². The molecule has 0 aliphatic heterocycles. The van der Waals surface area contributed by atoms with E-state index >= 15 is 0 Å². The number of pyridine rings is 5. The average Bonchev–Trinajstić information content (AvgIpc) is 0.791. The van der Waals surface area contributed by atoms with Crippen LogP contribution in [0.25, 0.3) is 56.3 Å². The predicted octanol–water partition coefficient (Wildman–Crippen LogP) is 21.8. The summed E-state index contributed by atoms with van der Waals surface area (Å²) in [4.78, 5) is 0. The number of hydrogen-bond acceptors (Lipinski definition) is 0. The molecule has 0 amide bonds. The number of aromatic nitrogens is 5. The van der Waals surface area contributed by atoms with Crippen LogP contribution in [0.4, 0.5) is 0 Å². The number of benzene rings is 5. The van der Waals surface area contributed by atoms with Gasteiger partial charge in [-0.05, 0) is 196 Å². The first-order valence-corrected chi connectivity index (χ1v) is 34.5. The monoisotopic (exact) mass is 1290 g/mol. The third-order valence-corrected chi connectivity index (χ3v) is 18.5. The summed E-state index contributed by atoms with van der Waals surface area (Å²) in [6.45, 7) is 45.6. The number of rotatable bonds is 12. The lowest BCUT2D eigenvalue weighted by Gasteiger charge is -2.16. The molecular formula is C91H122N5+5. The molecule has 10 aromatic rings. The van der Waals surface area contributed by atoms with E-state index in [0.29, 0.717) is 23.3 Å². The average molecular weight is 1290 g/mol. The maximum atomic E-state index is 8.52. The summed E-state index contributed by atoms with van der Waals surface area (Å²) in [5.41, 5.74) is 31.6. The van der Waals surface area contributed by atoms with Crippen LogP contribution in [-0.2, 0) is 35.2 Å². The van der Waals surface area contributed by atoms with Crippen molar-refractivity contribution >= 4 is 0 Å². The molecule has 0 aliphatic rings. The Morgan fingerprint density at radius 3 is 0.844 bits per heavy atom. The Morgan fingerprint density at radius 2 is 0.521 bits per heavy atom. The highest BCUT2D eigenvalue weighted by Crippen LogP contribution is 2.33. The smallest absolute Gasteiger partial charge is 0.201 e. The fraction of sp³-hybridized carbons (Fsp3) is 0.396. The van der Waals surface area contributed by atoms with Gasteiger partial charge < -0.3 is 0 Å². The molecule has 0 saturated carbocycles. The molecule has 0 unspecified atom stereocenters. The van der Waals surface area contributed by atoms with E-state index in [4.69, 9.17) is 9.60 Å². The molecule has 5 aromatic heterocycles. The molecular weight excluding hydrogens is 1160 g/mol. The fourth-order valence-electron chi connectivity index (χ4n) is 13.0. The minimum atomic E-state index is -2.08. The first-order valence-electron chi connectivity index (χ1n) is 38.0. The normalized spacial score (nSPS) is 12.8. The molecule has 0 bridgehead atoms. The topological polar surface area (TPSA) is 19.4 Å². The summed E-state index contributed by atoms with van der Waals surface area (Å²) in [5, 5.41) is 0. The molecule has 5 nitrogen and oxygen atoms in total. The van der Waals surface area contributed by atoms with E-state index < -0.39 is 30.4 Å². The summed E-state index contributed by atoms with van der Waals surface area (Å²) in [6.07, 6.45) is 10.7. The Bertz CT molecular complexity index is 4620. The maximum absolute atomic E-state index is 8.52. The zero-order valence-corrected chi connectivity index (χ0v) is 64.1. The lowest BCUT2D eigenvalue weighted by molar-refractivity contribution is -0.661. The van der Waals surface area contributed by atoms with Crippen molar-refractivity contribution in [3.63, 3.8) is 0 Å². The third-order valence-electron chi connectivity index (χ3n) is 18.5. The van der Waals surface area contributed by atoms with Gasteiger partial charge >= 0.3 is 0 Å². The van der Waals surface area contributed by atoms with Gasteiger partial charge in [0.05, 0.1) is 0 Å². The van der Waals surface area contributed by atoms with Gasteiger partial charge in [0.2, 0.25) is 28.5 Å². The highest BCUT2D eigenvalue weighted by molar-refractivity contribution is 5.66. The lowest BCUT2D eigenvalue weighted by atomic mass is 9.90. The Kier molecular flexibility index (Phi) is 23.7. The van der Waals surface area contributed by atoms with Crippen molar-refractivity contribution in [2.24, 2.45) is 35.2 Å². The zero-order chi connectivity index (χ0) is 77.5. The van der Waals surface area contributed by atoms with E-state index in [-0.39, 0.29) is 0 Å². The maximum Gasteiger partial charge on any atom is 0.212 e. The highest BCUT2D eigenvalue weighted by Gasteiger charge is 2.24. The largest absolute Gasteiger partial charge is 0.212 e. The van der Waals surface area contributed by atoms with Crippen LogP contribution in [0, 0.1) is 69.2 Å². The predicted molar refractivity (Wildman–Crippen MR) is 411 cm³/mol. The SMILES string of the molecule is Cc1ccccc1-c1cc(C(C)C)c(C(C)C)c[n+]1C.Cc1ccccc1-c1cc(C)c(C(C)C)c[n+]1C.[2H]C(C)(C)c1c[n+](C)c(-c2ccccc2C)cc1C.[2H]C(C)(C)c1cc(-c2ccc(C)cc2C)[n+](C)cc1C([2H])(C)C.[2H]C([2H])([2H])c1ccc(-c2cc(C)c(C([2H])(C)C)c[n+]2C)c(C)c1. The molecule has 506 valence electrons. The van der Waals surface area contributed by atoms with Crippen LogP contribution in [0.1, 0.15) is 242 Å². The van der Waals surface area contributed by atoms with E-state index in [0.717, 1.165) is 50.3 Å². The summed E-state index contributed by atoms with van der Waals surface area (Å²) in [6, 6.07) is 48.4. The Morgan fingerprint density at radius 1 is 0.250 bits per heavy atom. The van der Waals surface area contributed by atoms with Crippen LogP contribution < -0.4 is 22.8 Å². The second-order valence-corrected chi connectivity index (χ2v) is 28.7. The number of hydrogen-bond donors (Lipinski definition) is 0. The van der Waals surface area contributed by atoms with Crippen LogP contribution in [-0.4, -0.2) is 0 Å². The number of aryl methyl sites for hydroxylation is 15. The molecule has 0 atom stereocenters. The van der Waals surface area contributed by atoms with Gasteiger partial charge in [-0.2, -0.15) is 0 Å². The van der Waals surface area contributed by atoms with Crippen LogP contribution in [0.15, 0.2) is 171 Å². The van der Waals surface area contributed by atoms with Crippen molar-refractivity contribution < 1.29 is 32.4 Å². The van der Waals surface area contributed by atoms with Crippen molar-refractivity contribution in [2.75, 3.05) is 0 Å². The van der Waals surface area contributed by atoms with E-state index in [1.54, 1.807) is 12.1 Å². The van der Waals surface area contributed by atoms with Gasteiger partial charge in [0, 0.05) is 95.6 Å². The molecule has 5 heterocycles. The van der Waals surface area contributed by atoms with E-state index in [2.05, 4.69) is 269 Å². The van der Waals surface area contributed by atoms with Gasteiger partial charge in [-0.1, -0.05) is 187 Å². The molecule has 0 spiro atoms. The van der Waals surface area contributed by atoms with E-state index in [9.17, 15) is 0 Å². The van der Waals surface area contributed by atoms with Gasteiger partial charge in [0.25, 0.3) is 0 Å². The van der Waals surface area contributed by atoms with E-state index in [1.807, 2.05) is 106 Å². The van der Waals surface area contributed by atoms with Crippen molar-refractivity contribution in [1.82, 2.24) is 0 Å². The van der Waals surface area contributed by atoms with Gasteiger partial charge in [-0.3, -0.25) is 0 Å². The first-order chi connectivity index (χ1) is 47.5. The molecule has 0 fully saturated rings. The molecule has 5 aromatic carbocycles. The Hall–Kier alpha value is -8.15. The summed E-state index contributed by atoms with van der Waals surface area (Å²) in [5.74, 6) is -1.00. The third kappa shape index (κ3) is 19.3. The summed E-state index contributed by atoms with van der Waals surface area (Å²) >= 11 is 0. The Labute approximate surface area is 593 Å². The lowest BCUT2D eigenvalue weighted by Crippen LogP contribution is -2.32. The molecule has 0 N–H and O–H groups in total. The molecule has 0 saturated heterocycles. The van der Waals surface area contributed by atoms with Crippen LogP contribution in [0.2, 0.25) is 0 Å². The first kappa shape index (κ1) is 66.5. The van der Waals surface area contributed by atoms with Crippen LogP contribution >= 0.6 is 0 Å². The number of nitrogens with zero attached hydrogens (tertiary/aromatic N) is 5. The van der Waals surface area contributed by atoms with Crippen LogP contribution in [0.5, 0.6) is 0 Å². The van der Waals surface area contributed by atoms with Crippen molar-refractivity contribution in [3.8, 4) is 56.3 Å². The standard InChI is InChI=1S/C20H28N.C19H26N.C18H24N.2C17H22N/c1-13(2)18-11-20(21(7)12-19(18)14(3)4)17-9-8-15(5)10-16(17)6;1-13(2)17-11-19(16-10-8-7-9-15(16)5)20(6)12-18(17)14(3)4;1-12(2)17-11-19(6)18(10-15(17)5)16-8-7-13(3)9-14(16)4;2*1-12(2)16-11-18(5)17(10-14(16)4)15-9-7-6-8-13(15)3/h8-14H,1-7H3;7-14H,1-6H3;7-12H,1-6H3;2*6-12H,1-5H3/q5*+1/i13D,14D;;3D3,12D;12D;. The molecule has 96 heavy (non-hydrogen) atoms. The van der Waals surface area contributed by atoms with E-state index in [1.165, 1.54) is 95.0 Å². The van der Waals surface area contributed by atoms with Gasteiger partial charge in [0.1, 0.15) is 35.2 Å². The van der Waals surface area contributed by atoms with Gasteiger partial charge in [-0.15, -0.1) is 0 Å². The molecule has 0 aliphatic carbocycles. The van der Waals surface area contributed by atoms with Crippen molar-refractivity contribution in [1.29, 1.82) is 0 Å². The van der Waals surface area contributed by atoms with Crippen LogP contribution in [0.3, 0.4) is 0 Å². The van der Waals surface area contributed by atoms with Crippen molar-refractivity contribution in [2.45, 2.75) is 207 Å². The molecule has 0 radical (unpaired) electrons. The van der Waals surface area contributed by atoms with Gasteiger partial charge in [0.15, 0.2) is 31.0 Å². The minimum Gasteiger partial charge on any atom is -0.201 e. The quantitative estimate of drug-likeness (QED) is 0.109. The second-order valence-electron chi connectivity index (χ2n) is 28.7. The molecule has 5 heteroatoms.